The van der Waals surface area contributed by atoms with Crippen LogP contribution in [0.15, 0.2) is 42.5 Å². The average Bonchev–Trinajstić information content (AvgIpc) is 2.80. The largest absolute Gasteiger partial charge is 0.493 e. The van der Waals surface area contributed by atoms with Crippen molar-refractivity contribution in [2.24, 2.45) is 0 Å². The molecule has 0 aromatic heterocycles. The van der Waals surface area contributed by atoms with Gasteiger partial charge in [-0.05, 0) is 56.3 Å². The average molecular weight is 428 g/mol. The van der Waals surface area contributed by atoms with E-state index in [2.05, 4.69) is 15.5 Å². The number of aryl methyl sites for hydroxylation is 1. The summed E-state index contributed by atoms with van der Waals surface area (Å²) in [7, 11) is 1.61. The van der Waals surface area contributed by atoms with Gasteiger partial charge in [-0.2, -0.15) is 0 Å². The van der Waals surface area contributed by atoms with Crippen molar-refractivity contribution in [3.05, 3.63) is 53.6 Å². The zero-order chi connectivity index (χ0) is 21.9. The van der Waals surface area contributed by atoms with Gasteiger partial charge in [0, 0.05) is 25.3 Å². The molecule has 0 bridgehead atoms. The molecule has 0 aliphatic carbocycles. The standard InChI is InChI=1S/C24H33N3O4/c1-19-4-7-21(8-5-19)26-24(28)18-31-22-9-6-20(16-23(22)29-2)17-25-10-3-11-27-12-14-30-15-13-27/h4-9,16,25H,3,10-15,17-18H2,1-2H3,(H,26,28). The molecule has 2 N–H and O–H groups in total. The van der Waals surface area contributed by atoms with Crippen molar-refractivity contribution < 1.29 is 19.0 Å². The van der Waals surface area contributed by atoms with Gasteiger partial charge in [0.15, 0.2) is 18.1 Å². The third-order valence-corrected chi connectivity index (χ3v) is 5.18. The van der Waals surface area contributed by atoms with Crippen molar-refractivity contribution in [2.75, 3.05) is 58.4 Å². The molecule has 1 amide bonds. The lowest BCUT2D eigenvalue weighted by Gasteiger charge is -2.26. The summed E-state index contributed by atoms with van der Waals surface area (Å²) in [6, 6.07) is 13.4. The topological polar surface area (TPSA) is 72.1 Å². The molecule has 2 aromatic rings. The van der Waals surface area contributed by atoms with Crippen LogP contribution in [0.25, 0.3) is 0 Å². The Hall–Kier alpha value is -2.61. The number of carbonyl (C=O) groups excluding carboxylic acids is 1. The number of anilines is 1. The number of methoxy groups -OCH3 is 1. The molecular weight excluding hydrogens is 394 g/mol. The Morgan fingerprint density at radius 3 is 2.61 bits per heavy atom. The zero-order valence-electron chi connectivity index (χ0n) is 18.5. The van der Waals surface area contributed by atoms with Gasteiger partial charge in [-0.25, -0.2) is 0 Å². The lowest BCUT2D eigenvalue weighted by Crippen LogP contribution is -2.37. The maximum atomic E-state index is 12.2. The van der Waals surface area contributed by atoms with Gasteiger partial charge in [0.05, 0.1) is 20.3 Å². The second kappa shape index (κ2) is 12.3. The minimum absolute atomic E-state index is 0.0800. The molecule has 1 fully saturated rings. The van der Waals surface area contributed by atoms with Crippen molar-refractivity contribution in [3.63, 3.8) is 0 Å². The van der Waals surface area contributed by atoms with Crippen molar-refractivity contribution in [1.29, 1.82) is 0 Å². The number of nitrogens with one attached hydrogen (secondary N) is 2. The molecule has 1 aliphatic heterocycles. The van der Waals surface area contributed by atoms with Crippen molar-refractivity contribution in [1.82, 2.24) is 10.2 Å². The van der Waals surface area contributed by atoms with Crippen LogP contribution in [0.4, 0.5) is 5.69 Å². The summed E-state index contributed by atoms with van der Waals surface area (Å²) in [5, 5.41) is 6.30. The minimum atomic E-state index is -0.211. The van der Waals surface area contributed by atoms with Crippen molar-refractivity contribution in [3.8, 4) is 11.5 Å². The predicted octanol–water partition coefficient (Wildman–Crippen LogP) is 2.83. The van der Waals surface area contributed by atoms with Crippen LogP contribution in [0.3, 0.4) is 0 Å². The van der Waals surface area contributed by atoms with Gasteiger partial charge in [-0.1, -0.05) is 23.8 Å². The Balaban J connectivity index is 1.40. The molecule has 2 aromatic carbocycles. The van der Waals surface area contributed by atoms with E-state index >= 15 is 0 Å². The highest BCUT2D eigenvalue weighted by Crippen LogP contribution is 2.28. The Labute approximate surface area is 184 Å². The van der Waals surface area contributed by atoms with Crippen LogP contribution in [0.2, 0.25) is 0 Å². The maximum absolute atomic E-state index is 12.2. The number of ether oxygens (including phenoxy) is 3. The third-order valence-electron chi connectivity index (χ3n) is 5.18. The highest BCUT2D eigenvalue weighted by atomic mass is 16.5. The Morgan fingerprint density at radius 1 is 1.10 bits per heavy atom. The summed E-state index contributed by atoms with van der Waals surface area (Å²) < 4.78 is 16.5. The lowest BCUT2D eigenvalue weighted by atomic mass is 10.2. The first kappa shape index (κ1) is 23.1. The van der Waals surface area contributed by atoms with Crippen LogP contribution in [-0.2, 0) is 16.1 Å². The first-order valence-corrected chi connectivity index (χ1v) is 10.8. The lowest BCUT2D eigenvalue weighted by molar-refractivity contribution is -0.118. The molecule has 7 heteroatoms. The van der Waals surface area contributed by atoms with Crippen LogP contribution in [-0.4, -0.2) is 63.9 Å². The van der Waals surface area contributed by atoms with E-state index in [9.17, 15) is 4.79 Å². The van der Waals surface area contributed by atoms with Gasteiger partial charge in [0.2, 0.25) is 0 Å². The Morgan fingerprint density at radius 2 is 1.87 bits per heavy atom. The second-order valence-corrected chi connectivity index (χ2v) is 7.67. The quantitative estimate of drug-likeness (QED) is 0.538. The number of nitrogens with zero attached hydrogens (tertiary/aromatic N) is 1. The fraction of sp³-hybridized carbons (Fsp3) is 0.458. The molecule has 0 saturated carbocycles. The van der Waals surface area contributed by atoms with E-state index in [1.54, 1.807) is 7.11 Å². The molecule has 1 saturated heterocycles. The van der Waals surface area contributed by atoms with Gasteiger partial charge in [-0.3, -0.25) is 9.69 Å². The van der Waals surface area contributed by atoms with Crippen LogP contribution in [0, 0.1) is 6.92 Å². The predicted molar refractivity (Wildman–Crippen MR) is 122 cm³/mol. The first-order valence-electron chi connectivity index (χ1n) is 10.8. The minimum Gasteiger partial charge on any atom is -0.493 e. The number of carbonyl (C=O) groups is 1. The van der Waals surface area contributed by atoms with Gasteiger partial charge in [-0.15, -0.1) is 0 Å². The van der Waals surface area contributed by atoms with E-state index < -0.39 is 0 Å². The molecule has 168 valence electrons. The number of rotatable bonds is 11. The van der Waals surface area contributed by atoms with Crippen molar-refractivity contribution in [2.45, 2.75) is 19.9 Å². The van der Waals surface area contributed by atoms with E-state index in [1.165, 1.54) is 0 Å². The molecule has 3 rings (SSSR count). The van der Waals surface area contributed by atoms with Crippen LogP contribution >= 0.6 is 0 Å². The molecule has 7 nitrogen and oxygen atoms in total. The van der Waals surface area contributed by atoms with E-state index in [-0.39, 0.29) is 12.5 Å². The molecule has 0 atom stereocenters. The smallest absolute Gasteiger partial charge is 0.262 e. The molecule has 0 unspecified atom stereocenters. The normalized spacial score (nSPS) is 14.3. The fourth-order valence-corrected chi connectivity index (χ4v) is 3.40. The van der Waals surface area contributed by atoms with E-state index in [0.29, 0.717) is 11.5 Å². The molecule has 1 heterocycles. The van der Waals surface area contributed by atoms with E-state index in [1.807, 2.05) is 49.4 Å². The molecular formula is C24H33N3O4. The summed E-state index contributed by atoms with van der Waals surface area (Å²) >= 11 is 0. The monoisotopic (exact) mass is 427 g/mol. The molecule has 0 radical (unpaired) electrons. The zero-order valence-corrected chi connectivity index (χ0v) is 18.5. The SMILES string of the molecule is COc1cc(CNCCCN2CCOCC2)ccc1OCC(=O)Nc1ccc(C)cc1. The van der Waals surface area contributed by atoms with Gasteiger partial charge >= 0.3 is 0 Å². The molecule has 31 heavy (non-hydrogen) atoms. The number of amides is 1. The number of hydrogen-bond donors (Lipinski definition) is 2. The summed E-state index contributed by atoms with van der Waals surface area (Å²) in [5.41, 5.74) is 3.01. The summed E-state index contributed by atoms with van der Waals surface area (Å²) in [5.74, 6) is 0.963. The number of hydrogen-bond acceptors (Lipinski definition) is 6. The number of benzene rings is 2. The summed E-state index contributed by atoms with van der Waals surface area (Å²) in [6.45, 7) is 8.48. The van der Waals surface area contributed by atoms with Crippen molar-refractivity contribution >= 4 is 11.6 Å². The highest BCUT2D eigenvalue weighted by molar-refractivity contribution is 5.91. The Bertz CT molecular complexity index is 820. The van der Waals surface area contributed by atoms with Gasteiger partial charge < -0.3 is 24.8 Å². The van der Waals surface area contributed by atoms with Gasteiger partial charge in [0.1, 0.15) is 0 Å². The van der Waals surface area contributed by atoms with Crippen LogP contribution < -0.4 is 20.1 Å². The number of morpholine rings is 1. The van der Waals surface area contributed by atoms with Crippen LogP contribution in [0.5, 0.6) is 11.5 Å². The fourth-order valence-electron chi connectivity index (χ4n) is 3.40. The second-order valence-electron chi connectivity index (χ2n) is 7.67. The third kappa shape index (κ3) is 7.86. The van der Waals surface area contributed by atoms with Crippen LogP contribution in [0.1, 0.15) is 17.5 Å². The van der Waals surface area contributed by atoms with E-state index in [4.69, 9.17) is 14.2 Å². The van der Waals surface area contributed by atoms with E-state index in [0.717, 1.165) is 69.2 Å². The summed E-state index contributed by atoms with van der Waals surface area (Å²) in [4.78, 5) is 14.6. The van der Waals surface area contributed by atoms with Gasteiger partial charge in [0.25, 0.3) is 5.91 Å². The molecule has 0 spiro atoms. The highest BCUT2D eigenvalue weighted by Gasteiger charge is 2.10. The summed E-state index contributed by atoms with van der Waals surface area (Å²) in [6.07, 6.45) is 1.11. The Kier molecular flexibility index (Phi) is 9.15. The maximum Gasteiger partial charge on any atom is 0.262 e. The molecule has 1 aliphatic rings. The first-order chi connectivity index (χ1) is 15.1.